The topological polar surface area (TPSA) is 52.6 Å². The van der Waals surface area contributed by atoms with Gasteiger partial charge in [-0.3, -0.25) is 4.79 Å². The van der Waals surface area contributed by atoms with Gasteiger partial charge in [0.05, 0.1) is 12.5 Å². The summed E-state index contributed by atoms with van der Waals surface area (Å²) in [6.07, 6.45) is 4.68. The Bertz CT molecular complexity index is 1110. The molecule has 0 aliphatic carbocycles. The van der Waals surface area contributed by atoms with E-state index in [9.17, 15) is 4.79 Å². The SMILES string of the molecule is CCO.Cc1cccc([C@@H]2CCc3cc(CC(=O)N4CCCc5ccccc54)ccc3N2)c1. The number of carbonyl (C=O) groups excluding carboxylic acids is 1. The van der Waals surface area contributed by atoms with Gasteiger partial charge in [0.25, 0.3) is 0 Å². The van der Waals surface area contributed by atoms with Crippen LogP contribution in [0.1, 0.15) is 53.6 Å². The van der Waals surface area contributed by atoms with Gasteiger partial charge in [-0.15, -0.1) is 0 Å². The molecule has 4 nitrogen and oxygen atoms in total. The normalized spacial score (nSPS) is 16.6. The molecule has 2 N–H and O–H groups in total. The van der Waals surface area contributed by atoms with Gasteiger partial charge in [0, 0.05) is 24.5 Å². The number of hydrogen-bond donors (Lipinski definition) is 2. The first-order valence-corrected chi connectivity index (χ1v) is 12.0. The smallest absolute Gasteiger partial charge is 0.231 e. The highest BCUT2D eigenvalue weighted by molar-refractivity contribution is 5.96. The lowest BCUT2D eigenvalue weighted by molar-refractivity contribution is -0.118. The number of nitrogens with one attached hydrogen (secondary N) is 1. The number of anilines is 2. The number of amides is 1. The molecule has 0 fully saturated rings. The molecule has 5 rings (SSSR count). The second-order valence-electron chi connectivity index (χ2n) is 8.91. The molecule has 172 valence electrons. The fourth-order valence-electron chi connectivity index (χ4n) is 4.86. The Morgan fingerprint density at radius 1 is 1.03 bits per heavy atom. The molecule has 3 aromatic carbocycles. The Kier molecular flexibility index (Phi) is 7.46. The molecule has 1 atom stereocenters. The van der Waals surface area contributed by atoms with Crippen molar-refractivity contribution in [3.8, 4) is 0 Å². The number of carbonyl (C=O) groups is 1. The van der Waals surface area contributed by atoms with E-state index in [4.69, 9.17) is 5.11 Å². The van der Waals surface area contributed by atoms with Crippen molar-refractivity contribution in [2.24, 2.45) is 0 Å². The van der Waals surface area contributed by atoms with Crippen LogP contribution in [0, 0.1) is 6.92 Å². The number of fused-ring (bicyclic) bond motifs is 2. The molecule has 1 amide bonds. The van der Waals surface area contributed by atoms with Crippen molar-refractivity contribution in [2.45, 2.75) is 52.0 Å². The monoisotopic (exact) mass is 442 g/mol. The second-order valence-corrected chi connectivity index (χ2v) is 8.91. The molecule has 33 heavy (non-hydrogen) atoms. The van der Waals surface area contributed by atoms with E-state index in [1.165, 1.54) is 27.9 Å². The van der Waals surface area contributed by atoms with E-state index >= 15 is 0 Å². The molecular weight excluding hydrogens is 408 g/mol. The average molecular weight is 443 g/mol. The van der Waals surface area contributed by atoms with Gasteiger partial charge >= 0.3 is 0 Å². The minimum atomic E-state index is 0.198. The Morgan fingerprint density at radius 2 is 1.85 bits per heavy atom. The van der Waals surface area contributed by atoms with Crippen LogP contribution in [-0.2, 0) is 24.1 Å². The second kappa shape index (κ2) is 10.7. The summed E-state index contributed by atoms with van der Waals surface area (Å²) in [7, 11) is 0. The van der Waals surface area contributed by atoms with Crippen LogP contribution < -0.4 is 10.2 Å². The van der Waals surface area contributed by atoms with Crippen molar-refractivity contribution in [2.75, 3.05) is 23.4 Å². The first-order valence-electron chi connectivity index (χ1n) is 12.0. The van der Waals surface area contributed by atoms with Crippen LogP contribution in [-0.4, -0.2) is 24.2 Å². The first kappa shape index (κ1) is 23.1. The quantitative estimate of drug-likeness (QED) is 0.554. The summed E-state index contributed by atoms with van der Waals surface area (Å²) in [6, 6.07) is 23.9. The highest BCUT2D eigenvalue weighted by Gasteiger charge is 2.23. The van der Waals surface area contributed by atoms with Crippen LogP contribution in [0.25, 0.3) is 0 Å². The Morgan fingerprint density at radius 3 is 2.67 bits per heavy atom. The third kappa shape index (κ3) is 5.45. The molecule has 4 heteroatoms. The van der Waals surface area contributed by atoms with Gasteiger partial charge in [0.2, 0.25) is 5.91 Å². The summed E-state index contributed by atoms with van der Waals surface area (Å²) < 4.78 is 0. The maximum atomic E-state index is 13.1. The number of nitrogens with zero attached hydrogens (tertiary/aromatic N) is 1. The standard InChI is InChI=1S/C27H28N2O.C2H6O/c1-19-6-4-8-22(16-19)25-14-12-23-17-20(11-13-24(23)28-25)18-27(30)29-15-5-9-21-7-2-3-10-26(21)29;1-2-3/h2-4,6-8,10-11,13,16-17,25,28H,5,9,12,14-15,18H2,1H3;3H,2H2,1H3/t25-;/m0./s1. The molecule has 0 saturated carbocycles. The predicted octanol–water partition coefficient (Wildman–Crippen LogP) is 5.61. The minimum absolute atomic E-state index is 0.198. The molecule has 0 radical (unpaired) electrons. The fraction of sp³-hybridized carbons (Fsp3) is 0.345. The summed E-state index contributed by atoms with van der Waals surface area (Å²) in [6.45, 7) is 4.89. The van der Waals surface area contributed by atoms with Gasteiger partial charge in [-0.25, -0.2) is 0 Å². The lowest BCUT2D eigenvalue weighted by Crippen LogP contribution is -2.36. The molecule has 0 bridgehead atoms. The number of benzene rings is 3. The maximum absolute atomic E-state index is 13.1. The largest absolute Gasteiger partial charge is 0.397 e. The summed E-state index contributed by atoms with van der Waals surface area (Å²) >= 11 is 0. The van der Waals surface area contributed by atoms with E-state index in [0.29, 0.717) is 12.5 Å². The van der Waals surface area contributed by atoms with Crippen molar-refractivity contribution in [1.29, 1.82) is 0 Å². The molecule has 2 aliphatic heterocycles. The van der Waals surface area contributed by atoms with Crippen LogP contribution in [0.3, 0.4) is 0 Å². The predicted molar refractivity (Wildman–Crippen MR) is 136 cm³/mol. The lowest BCUT2D eigenvalue weighted by Gasteiger charge is -2.30. The molecule has 2 heterocycles. The highest BCUT2D eigenvalue weighted by atomic mass is 16.2. The van der Waals surface area contributed by atoms with E-state index in [0.717, 1.165) is 43.5 Å². The van der Waals surface area contributed by atoms with E-state index in [1.807, 2.05) is 11.0 Å². The molecule has 0 unspecified atom stereocenters. The van der Waals surface area contributed by atoms with Crippen LogP contribution in [0.4, 0.5) is 11.4 Å². The Hall–Kier alpha value is -3.11. The summed E-state index contributed by atoms with van der Waals surface area (Å²) in [5.41, 5.74) is 8.66. The van der Waals surface area contributed by atoms with Gasteiger partial charge < -0.3 is 15.3 Å². The molecule has 0 spiro atoms. The molecule has 2 aliphatic rings. The van der Waals surface area contributed by atoms with E-state index in [2.05, 4.69) is 72.9 Å². The van der Waals surface area contributed by atoms with Crippen molar-refractivity contribution in [3.63, 3.8) is 0 Å². The van der Waals surface area contributed by atoms with Crippen LogP contribution in [0.5, 0.6) is 0 Å². The maximum Gasteiger partial charge on any atom is 0.231 e. The minimum Gasteiger partial charge on any atom is -0.397 e. The molecule has 0 aromatic heterocycles. The van der Waals surface area contributed by atoms with Crippen LogP contribution >= 0.6 is 0 Å². The average Bonchev–Trinajstić information content (AvgIpc) is 2.84. The number of aliphatic hydroxyl groups is 1. The Balaban J connectivity index is 0.000000821. The number of para-hydroxylation sites is 1. The zero-order chi connectivity index (χ0) is 23.2. The van der Waals surface area contributed by atoms with Crippen LogP contribution in [0.2, 0.25) is 0 Å². The number of aryl methyl sites for hydroxylation is 3. The van der Waals surface area contributed by atoms with Gasteiger partial charge in [0.15, 0.2) is 0 Å². The molecule has 3 aromatic rings. The van der Waals surface area contributed by atoms with E-state index in [-0.39, 0.29) is 12.5 Å². The van der Waals surface area contributed by atoms with Gasteiger partial charge in [-0.1, -0.05) is 60.2 Å². The van der Waals surface area contributed by atoms with Crippen molar-refractivity contribution < 1.29 is 9.90 Å². The number of rotatable bonds is 3. The zero-order valence-corrected chi connectivity index (χ0v) is 19.7. The van der Waals surface area contributed by atoms with Crippen molar-refractivity contribution >= 4 is 17.3 Å². The number of hydrogen-bond acceptors (Lipinski definition) is 3. The fourth-order valence-corrected chi connectivity index (χ4v) is 4.86. The molecule has 0 saturated heterocycles. The third-order valence-corrected chi connectivity index (χ3v) is 6.41. The van der Waals surface area contributed by atoms with E-state index < -0.39 is 0 Å². The lowest BCUT2D eigenvalue weighted by atomic mass is 9.91. The number of aliphatic hydroxyl groups excluding tert-OH is 1. The van der Waals surface area contributed by atoms with Crippen LogP contribution in [0.15, 0.2) is 66.7 Å². The third-order valence-electron chi connectivity index (χ3n) is 6.41. The molecular formula is C29H34N2O2. The van der Waals surface area contributed by atoms with Crippen molar-refractivity contribution in [1.82, 2.24) is 0 Å². The van der Waals surface area contributed by atoms with Gasteiger partial charge in [0.1, 0.15) is 0 Å². The summed E-state index contributed by atoms with van der Waals surface area (Å²) in [5.74, 6) is 0.198. The van der Waals surface area contributed by atoms with Gasteiger partial charge in [-0.2, -0.15) is 0 Å². The van der Waals surface area contributed by atoms with Gasteiger partial charge in [-0.05, 0) is 73.9 Å². The Labute approximate surface area is 197 Å². The van der Waals surface area contributed by atoms with Crippen molar-refractivity contribution in [3.05, 3.63) is 94.5 Å². The highest BCUT2D eigenvalue weighted by Crippen LogP contribution is 2.34. The summed E-state index contributed by atoms with van der Waals surface area (Å²) in [4.78, 5) is 15.1. The zero-order valence-electron chi connectivity index (χ0n) is 19.7. The summed E-state index contributed by atoms with van der Waals surface area (Å²) in [5, 5.41) is 11.3. The van der Waals surface area contributed by atoms with E-state index in [1.54, 1.807) is 6.92 Å². The first-order chi connectivity index (χ1) is 16.1.